The van der Waals surface area contributed by atoms with E-state index in [9.17, 15) is 24.3 Å². The van der Waals surface area contributed by atoms with Crippen molar-refractivity contribution in [1.29, 1.82) is 0 Å². The molecule has 1 aromatic rings. The quantitative estimate of drug-likeness (QED) is 0.741. The van der Waals surface area contributed by atoms with Crippen LogP contribution in [0.4, 0.5) is 0 Å². The monoisotopic (exact) mass is 320 g/mol. The molecule has 23 heavy (non-hydrogen) atoms. The second-order valence-corrected chi connectivity index (χ2v) is 5.12. The van der Waals surface area contributed by atoms with E-state index in [0.29, 0.717) is 10.6 Å². The van der Waals surface area contributed by atoms with E-state index in [4.69, 9.17) is 4.84 Å². The number of phenolic OH excluding ortho intramolecular Hbond substituents is 1. The first-order valence-electron chi connectivity index (χ1n) is 6.99. The molecule has 122 valence electrons. The highest BCUT2D eigenvalue weighted by atomic mass is 16.7. The maximum Gasteiger partial charge on any atom is 0.355 e. The normalized spacial score (nSPS) is 15.4. The number of carbonyl (C=O) groups excluding carboxylic acids is 4. The van der Waals surface area contributed by atoms with Crippen LogP contribution in [-0.2, 0) is 30.4 Å². The summed E-state index contributed by atoms with van der Waals surface area (Å²) in [5, 5.41) is 12.1. The Morgan fingerprint density at radius 2 is 1.78 bits per heavy atom. The molecular formula is C15H16N2O6. The summed E-state index contributed by atoms with van der Waals surface area (Å²) in [5.41, 5.74) is 0.664. The average Bonchev–Trinajstić information content (AvgIpc) is 2.80. The van der Waals surface area contributed by atoms with Crippen LogP contribution in [0, 0.1) is 0 Å². The predicted molar refractivity (Wildman–Crippen MR) is 76.6 cm³/mol. The number of rotatable bonds is 5. The summed E-state index contributed by atoms with van der Waals surface area (Å²) >= 11 is 0. The van der Waals surface area contributed by atoms with Gasteiger partial charge in [0.25, 0.3) is 11.8 Å². The first-order chi connectivity index (χ1) is 10.9. The molecule has 1 aromatic carbocycles. The van der Waals surface area contributed by atoms with Crippen molar-refractivity contribution in [3.63, 3.8) is 0 Å². The Bertz CT molecular complexity index is 624. The van der Waals surface area contributed by atoms with Crippen LogP contribution in [0.2, 0.25) is 0 Å². The Morgan fingerprint density at radius 3 is 2.30 bits per heavy atom. The van der Waals surface area contributed by atoms with Crippen LogP contribution >= 0.6 is 0 Å². The smallest absolute Gasteiger partial charge is 0.355 e. The number of nitrogens with zero attached hydrogens (tertiary/aromatic N) is 1. The Balaban J connectivity index is 2.08. The van der Waals surface area contributed by atoms with Gasteiger partial charge in [-0.2, -0.15) is 0 Å². The number of carbonyl (C=O) groups is 4. The minimum atomic E-state index is -1.06. The van der Waals surface area contributed by atoms with Crippen molar-refractivity contribution in [2.75, 3.05) is 0 Å². The molecule has 1 heterocycles. The number of phenols is 1. The second kappa shape index (κ2) is 6.91. The lowest BCUT2D eigenvalue weighted by molar-refractivity contribution is -0.199. The van der Waals surface area contributed by atoms with E-state index in [2.05, 4.69) is 5.32 Å². The molecule has 0 aliphatic carbocycles. The Hall–Kier alpha value is -2.90. The highest BCUT2D eigenvalue weighted by Crippen LogP contribution is 2.15. The van der Waals surface area contributed by atoms with E-state index >= 15 is 0 Å². The number of nitrogens with one attached hydrogen (secondary N) is 1. The van der Waals surface area contributed by atoms with Crippen LogP contribution in [-0.4, -0.2) is 39.9 Å². The molecule has 1 saturated heterocycles. The molecule has 1 fully saturated rings. The molecule has 0 spiro atoms. The van der Waals surface area contributed by atoms with Gasteiger partial charge in [0.2, 0.25) is 5.91 Å². The second-order valence-electron chi connectivity index (χ2n) is 5.12. The van der Waals surface area contributed by atoms with Crippen LogP contribution < -0.4 is 5.32 Å². The lowest BCUT2D eigenvalue weighted by atomic mass is 10.1. The zero-order valence-corrected chi connectivity index (χ0v) is 12.4. The molecule has 0 saturated carbocycles. The average molecular weight is 320 g/mol. The third-order valence-corrected chi connectivity index (χ3v) is 3.23. The summed E-state index contributed by atoms with van der Waals surface area (Å²) < 4.78 is 0. The molecule has 0 aromatic heterocycles. The van der Waals surface area contributed by atoms with Gasteiger partial charge in [0.15, 0.2) is 0 Å². The van der Waals surface area contributed by atoms with E-state index in [1.165, 1.54) is 19.1 Å². The van der Waals surface area contributed by atoms with Crippen molar-refractivity contribution in [2.24, 2.45) is 0 Å². The van der Waals surface area contributed by atoms with Crippen LogP contribution in [0.3, 0.4) is 0 Å². The third-order valence-electron chi connectivity index (χ3n) is 3.23. The maximum absolute atomic E-state index is 12.2. The van der Waals surface area contributed by atoms with Crippen LogP contribution in [0.1, 0.15) is 25.3 Å². The molecule has 8 nitrogen and oxygen atoms in total. The molecule has 2 rings (SSSR count). The molecule has 3 amide bonds. The maximum atomic E-state index is 12.2. The zero-order chi connectivity index (χ0) is 17.0. The van der Waals surface area contributed by atoms with Gasteiger partial charge < -0.3 is 15.3 Å². The van der Waals surface area contributed by atoms with Crippen molar-refractivity contribution < 1.29 is 29.1 Å². The predicted octanol–water partition coefficient (Wildman–Crippen LogP) is 0.0466. The summed E-state index contributed by atoms with van der Waals surface area (Å²) in [6, 6.07) is 5.00. The van der Waals surface area contributed by atoms with E-state index in [-0.39, 0.29) is 25.0 Å². The molecular weight excluding hydrogens is 304 g/mol. The summed E-state index contributed by atoms with van der Waals surface area (Å²) in [7, 11) is 0. The minimum Gasteiger partial charge on any atom is -0.508 e. The van der Waals surface area contributed by atoms with Crippen LogP contribution in [0.5, 0.6) is 5.75 Å². The van der Waals surface area contributed by atoms with E-state index in [1.807, 2.05) is 0 Å². The topological polar surface area (TPSA) is 113 Å². The molecule has 1 atom stereocenters. The summed E-state index contributed by atoms with van der Waals surface area (Å²) in [6.45, 7) is 1.24. The number of aromatic hydroxyl groups is 1. The van der Waals surface area contributed by atoms with Gasteiger partial charge in [-0.05, 0) is 17.7 Å². The van der Waals surface area contributed by atoms with Gasteiger partial charge in [-0.25, -0.2) is 4.79 Å². The zero-order valence-electron chi connectivity index (χ0n) is 12.4. The molecule has 0 bridgehead atoms. The fourth-order valence-electron chi connectivity index (χ4n) is 2.12. The number of hydrogen-bond donors (Lipinski definition) is 2. The SMILES string of the molecule is CC(=O)NC(Cc1ccc(O)cc1)C(=O)ON1C(=O)CCC1=O. The lowest BCUT2D eigenvalue weighted by Crippen LogP contribution is -2.45. The molecule has 1 unspecified atom stereocenters. The van der Waals surface area contributed by atoms with Crippen LogP contribution in [0.15, 0.2) is 24.3 Å². The van der Waals surface area contributed by atoms with E-state index in [1.54, 1.807) is 12.1 Å². The fourth-order valence-corrected chi connectivity index (χ4v) is 2.12. The fraction of sp³-hybridized carbons (Fsp3) is 0.333. The highest BCUT2D eigenvalue weighted by molar-refractivity contribution is 6.01. The van der Waals surface area contributed by atoms with Gasteiger partial charge in [-0.1, -0.05) is 12.1 Å². The lowest BCUT2D eigenvalue weighted by Gasteiger charge is -2.19. The van der Waals surface area contributed by atoms with Crippen molar-refractivity contribution in [3.05, 3.63) is 29.8 Å². The summed E-state index contributed by atoms with van der Waals surface area (Å²) in [6.07, 6.45) is 0.0820. The summed E-state index contributed by atoms with van der Waals surface area (Å²) in [5.74, 6) is -2.47. The van der Waals surface area contributed by atoms with Gasteiger partial charge in [0.1, 0.15) is 11.8 Å². The van der Waals surface area contributed by atoms with Crippen molar-refractivity contribution in [3.8, 4) is 5.75 Å². The van der Waals surface area contributed by atoms with Gasteiger partial charge in [-0.3, -0.25) is 14.4 Å². The minimum absolute atomic E-state index is 0.00508. The Kier molecular flexibility index (Phi) is 4.95. The van der Waals surface area contributed by atoms with E-state index < -0.39 is 29.7 Å². The molecule has 0 radical (unpaired) electrons. The van der Waals surface area contributed by atoms with Crippen LogP contribution in [0.25, 0.3) is 0 Å². The number of amides is 3. The Morgan fingerprint density at radius 1 is 1.22 bits per heavy atom. The Labute approximate surface area is 132 Å². The standard InChI is InChI=1S/C15H16N2O6/c1-9(18)16-12(8-10-2-4-11(19)5-3-10)15(22)23-17-13(20)6-7-14(17)21/h2-5,12,19H,6-8H2,1H3,(H,16,18). The molecule has 1 aliphatic heterocycles. The van der Waals surface area contributed by atoms with Crippen molar-refractivity contribution >= 4 is 23.7 Å². The largest absolute Gasteiger partial charge is 0.508 e. The number of imide groups is 1. The summed E-state index contributed by atoms with van der Waals surface area (Å²) in [4.78, 5) is 51.2. The van der Waals surface area contributed by atoms with Crippen molar-refractivity contribution in [1.82, 2.24) is 10.4 Å². The molecule has 2 N–H and O–H groups in total. The molecule has 8 heteroatoms. The van der Waals surface area contributed by atoms with Gasteiger partial charge in [0.05, 0.1) is 0 Å². The van der Waals surface area contributed by atoms with Gasteiger partial charge in [-0.15, -0.1) is 5.06 Å². The van der Waals surface area contributed by atoms with Gasteiger partial charge in [0, 0.05) is 26.2 Å². The molecule has 1 aliphatic rings. The highest BCUT2D eigenvalue weighted by Gasteiger charge is 2.35. The first kappa shape index (κ1) is 16.5. The number of benzene rings is 1. The van der Waals surface area contributed by atoms with E-state index in [0.717, 1.165) is 0 Å². The number of hydroxylamine groups is 2. The van der Waals surface area contributed by atoms with Crippen molar-refractivity contribution in [2.45, 2.75) is 32.2 Å². The third kappa shape index (κ3) is 4.29. The number of hydrogen-bond acceptors (Lipinski definition) is 6. The van der Waals surface area contributed by atoms with Gasteiger partial charge >= 0.3 is 5.97 Å². The first-order valence-corrected chi connectivity index (χ1v) is 6.99.